The number of carbonyl (C=O) groups excluding carboxylic acids is 1. The average molecular weight is 542 g/mol. The minimum absolute atomic E-state index is 0.0208. The first-order valence-electron chi connectivity index (χ1n) is 12.5. The Morgan fingerprint density at radius 2 is 1.97 bits per heavy atom. The summed E-state index contributed by atoms with van der Waals surface area (Å²) in [6, 6.07) is 9.19. The van der Waals surface area contributed by atoms with Crippen LogP contribution in [0.25, 0.3) is 22.2 Å². The molecule has 0 unspecified atom stereocenters. The van der Waals surface area contributed by atoms with E-state index in [0.717, 1.165) is 40.2 Å². The lowest BCUT2D eigenvalue weighted by atomic mass is 10.0. The molecule has 0 aliphatic rings. The van der Waals surface area contributed by atoms with Crippen molar-refractivity contribution in [3.05, 3.63) is 59.4 Å². The minimum Gasteiger partial charge on any atom is -0.493 e. The number of rotatable bonds is 10. The number of hydrogen-bond donors (Lipinski definition) is 3. The van der Waals surface area contributed by atoms with Gasteiger partial charge in [-0.2, -0.15) is 18.3 Å². The van der Waals surface area contributed by atoms with Crippen LogP contribution in [0.3, 0.4) is 0 Å². The lowest BCUT2D eigenvalue weighted by Crippen LogP contribution is -2.17. The Balaban J connectivity index is 1.51. The number of aromatic nitrogens is 4. The van der Waals surface area contributed by atoms with Crippen LogP contribution in [0.4, 0.5) is 24.8 Å². The third kappa shape index (κ3) is 6.63. The molecule has 4 N–H and O–H groups in total. The third-order valence-electron chi connectivity index (χ3n) is 6.13. The van der Waals surface area contributed by atoms with Gasteiger partial charge in [-0.1, -0.05) is 6.92 Å². The van der Waals surface area contributed by atoms with E-state index in [1.807, 2.05) is 19.1 Å². The summed E-state index contributed by atoms with van der Waals surface area (Å²) in [5.74, 6) is -0.569. The van der Waals surface area contributed by atoms with Gasteiger partial charge in [0.25, 0.3) is 0 Å². The molecular weight excluding hydrogens is 511 g/mol. The summed E-state index contributed by atoms with van der Waals surface area (Å²) in [5.41, 5.74) is 8.71. The minimum atomic E-state index is -4.64. The van der Waals surface area contributed by atoms with E-state index in [1.54, 1.807) is 31.0 Å². The van der Waals surface area contributed by atoms with Crippen LogP contribution in [0.15, 0.2) is 42.6 Å². The molecule has 0 atom stereocenters. The number of anilines is 2. The van der Waals surface area contributed by atoms with Gasteiger partial charge in [-0.25, -0.2) is 9.97 Å². The second-order valence-electron chi connectivity index (χ2n) is 9.04. The lowest BCUT2D eigenvalue weighted by Gasteiger charge is -2.15. The van der Waals surface area contributed by atoms with Crippen molar-refractivity contribution in [2.24, 2.45) is 7.05 Å². The predicted molar refractivity (Wildman–Crippen MR) is 143 cm³/mol. The van der Waals surface area contributed by atoms with Crippen LogP contribution in [-0.2, 0) is 30.9 Å². The Morgan fingerprint density at radius 1 is 1.18 bits per heavy atom. The molecular formula is C27H30F3N7O2. The molecule has 0 spiro atoms. The summed E-state index contributed by atoms with van der Waals surface area (Å²) in [6.45, 7) is 2.77. The number of aryl methyl sites for hydroxylation is 2. The quantitative estimate of drug-likeness (QED) is 0.255. The Kier molecular flexibility index (Phi) is 8.34. The molecule has 2 aromatic heterocycles. The number of benzene rings is 2. The van der Waals surface area contributed by atoms with Crippen LogP contribution in [0, 0.1) is 0 Å². The molecule has 12 heteroatoms. The number of amides is 1. The Hall–Kier alpha value is -4.19. The second kappa shape index (κ2) is 11.7. The van der Waals surface area contributed by atoms with Crippen molar-refractivity contribution in [2.75, 3.05) is 31.2 Å². The molecule has 206 valence electrons. The van der Waals surface area contributed by atoms with Crippen molar-refractivity contribution in [1.82, 2.24) is 25.1 Å². The van der Waals surface area contributed by atoms with E-state index in [-0.39, 0.29) is 30.4 Å². The monoisotopic (exact) mass is 541 g/mol. The summed E-state index contributed by atoms with van der Waals surface area (Å²) in [7, 11) is 3.51. The summed E-state index contributed by atoms with van der Waals surface area (Å²) in [6.07, 6.45) is -1.81. The van der Waals surface area contributed by atoms with Crippen LogP contribution in [0.1, 0.15) is 30.2 Å². The molecule has 0 saturated heterocycles. The molecule has 39 heavy (non-hydrogen) atoms. The van der Waals surface area contributed by atoms with Crippen LogP contribution < -0.4 is 21.1 Å². The van der Waals surface area contributed by atoms with E-state index in [0.29, 0.717) is 18.7 Å². The highest BCUT2D eigenvalue weighted by Gasteiger charge is 2.35. The zero-order chi connectivity index (χ0) is 28.2. The van der Waals surface area contributed by atoms with Crippen LogP contribution in [0.5, 0.6) is 5.75 Å². The topological polar surface area (TPSA) is 120 Å². The van der Waals surface area contributed by atoms with E-state index in [2.05, 4.69) is 25.7 Å². The van der Waals surface area contributed by atoms with E-state index >= 15 is 0 Å². The van der Waals surface area contributed by atoms with E-state index in [9.17, 15) is 18.0 Å². The van der Waals surface area contributed by atoms with Gasteiger partial charge in [0.05, 0.1) is 35.5 Å². The van der Waals surface area contributed by atoms with Gasteiger partial charge < -0.3 is 21.1 Å². The van der Waals surface area contributed by atoms with Crippen molar-refractivity contribution >= 4 is 28.4 Å². The standard InChI is InChI=1S/C27H30F3N7O2/c1-4-16-10-17(11-18-15-33-26(31)35-25(16)18)22-13-20(36-37(22)3)14-24(38)34-19-6-7-23(39-9-5-8-32-2)21(12-19)27(28,29)30/h6-7,10-13,15,32H,4-5,8-9,14H2,1-3H3,(H,34,38)(H2,31,33,35). The molecule has 0 saturated carbocycles. The Morgan fingerprint density at radius 3 is 2.69 bits per heavy atom. The third-order valence-corrected chi connectivity index (χ3v) is 6.13. The highest BCUT2D eigenvalue weighted by Crippen LogP contribution is 2.38. The van der Waals surface area contributed by atoms with Crippen molar-refractivity contribution in [1.29, 1.82) is 0 Å². The largest absolute Gasteiger partial charge is 0.493 e. The maximum atomic E-state index is 13.6. The zero-order valence-corrected chi connectivity index (χ0v) is 21.9. The molecule has 1 amide bonds. The molecule has 4 aromatic rings. The van der Waals surface area contributed by atoms with Gasteiger partial charge in [-0.05, 0) is 68.4 Å². The summed E-state index contributed by atoms with van der Waals surface area (Å²) in [5, 5.41) is 10.7. The van der Waals surface area contributed by atoms with E-state index in [1.165, 1.54) is 12.1 Å². The molecule has 2 heterocycles. The number of alkyl halides is 3. The fraction of sp³-hybridized carbons (Fsp3) is 0.333. The smallest absolute Gasteiger partial charge is 0.420 e. The zero-order valence-electron chi connectivity index (χ0n) is 21.9. The first-order chi connectivity index (χ1) is 18.6. The van der Waals surface area contributed by atoms with Gasteiger partial charge in [-0.3, -0.25) is 9.48 Å². The highest BCUT2D eigenvalue weighted by molar-refractivity contribution is 5.92. The molecule has 0 aliphatic heterocycles. The number of nitrogen functional groups attached to an aromatic ring is 1. The lowest BCUT2D eigenvalue weighted by molar-refractivity contribution is -0.139. The molecule has 0 fully saturated rings. The number of nitrogens with zero attached hydrogens (tertiary/aromatic N) is 4. The summed E-state index contributed by atoms with van der Waals surface area (Å²) >= 11 is 0. The van der Waals surface area contributed by atoms with Crippen LogP contribution >= 0.6 is 0 Å². The highest BCUT2D eigenvalue weighted by atomic mass is 19.4. The maximum absolute atomic E-state index is 13.6. The molecule has 9 nitrogen and oxygen atoms in total. The van der Waals surface area contributed by atoms with Gasteiger partial charge >= 0.3 is 6.18 Å². The predicted octanol–water partition coefficient (Wildman–Crippen LogP) is 4.36. The Labute approximate surface area is 223 Å². The van der Waals surface area contributed by atoms with Crippen molar-refractivity contribution in [2.45, 2.75) is 32.4 Å². The van der Waals surface area contributed by atoms with E-state index in [4.69, 9.17) is 10.5 Å². The summed E-state index contributed by atoms with van der Waals surface area (Å²) < 4.78 is 47.9. The normalized spacial score (nSPS) is 11.6. The van der Waals surface area contributed by atoms with Gasteiger partial charge in [0.2, 0.25) is 11.9 Å². The number of fused-ring (bicyclic) bond motifs is 1. The number of halogens is 3. The molecule has 0 radical (unpaired) electrons. The maximum Gasteiger partial charge on any atom is 0.420 e. The van der Waals surface area contributed by atoms with E-state index < -0.39 is 17.6 Å². The summed E-state index contributed by atoms with van der Waals surface area (Å²) in [4.78, 5) is 21.2. The molecule has 0 aliphatic carbocycles. The number of ether oxygens (including phenoxy) is 1. The van der Waals surface area contributed by atoms with Gasteiger partial charge in [-0.15, -0.1) is 0 Å². The van der Waals surface area contributed by atoms with Crippen LogP contribution in [-0.4, -0.2) is 45.9 Å². The van der Waals surface area contributed by atoms with Crippen molar-refractivity contribution in [3.63, 3.8) is 0 Å². The second-order valence-corrected chi connectivity index (χ2v) is 9.04. The molecule has 0 bridgehead atoms. The number of nitrogens with one attached hydrogen (secondary N) is 2. The fourth-order valence-electron chi connectivity index (χ4n) is 4.29. The van der Waals surface area contributed by atoms with Crippen LogP contribution in [0.2, 0.25) is 0 Å². The van der Waals surface area contributed by atoms with Crippen molar-refractivity contribution in [3.8, 4) is 17.0 Å². The van der Waals surface area contributed by atoms with Gasteiger partial charge in [0.1, 0.15) is 5.75 Å². The number of nitrogens with two attached hydrogens (primary N) is 1. The van der Waals surface area contributed by atoms with Gasteiger partial charge in [0, 0.05) is 29.9 Å². The number of hydrogen-bond acceptors (Lipinski definition) is 7. The van der Waals surface area contributed by atoms with Gasteiger partial charge in [0.15, 0.2) is 0 Å². The number of carbonyl (C=O) groups is 1. The molecule has 4 rings (SSSR count). The SMILES string of the molecule is CCc1cc(-c2cc(CC(=O)Nc3ccc(OCCCNC)c(C(F)(F)F)c3)nn2C)cc2cnc(N)nc12. The fourth-order valence-corrected chi connectivity index (χ4v) is 4.29. The van der Waals surface area contributed by atoms with Crippen molar-refractivity contribution < 1.29 is 22.7 Å². The first-order valence-corrected chi connectivity index (χ1v) is 12.5. The Bertz CT molecular complexity index is 1480. The molecule has 2 aromatic carbocycles. The first kappa shape index (κ1) is 27.8. The average Bonchev–Trinajstić information content (AvgIpc) is 3.25.